The van der Waals surface area contributed by atoms with Gasteiger partial charge in [-0.15, -0.1) is 11.3 Å². The molecule has 7 heteroatoms. The third-order valence-electron chi connectivity index (χ3n) is 4.11. The zero-order valence-corrected chi connectivity index (χ0v) is 16.6. The topological polar surface area (TPSA) is 62.6 Å². The standard InChI is InChI=1S/C19H24ClN3O2S/c1-3-23(12-18(24)21-11-17-5-4-10-26-17)13-19(25)22-14(2)15-6-8-16(20)9-7-15/h4-10,14H,3,11-13H2,1-2H3,(H,21,24)(H,22,25)/p+1/t14-/m1/s1. The van der Waals surface area contributed by atoms with E-state index in [-0.39, 0.29) is 30.9 Å². The van der Waals surface area contributed by atoms with Crippen LogP contribution in [0.5, 0.6) is 0 Å². The van der Waals surface area contributed by atoms with E-state index in [1.54, 1.807) is 23.5 Å². The maximum Gasteiger partial charge on any atom is 0.275 e. The predicted octanol–water partition coefficient (Wildman–Crippen LogP) is 1.80. The minimum atomic E-state index is -0.106. The Balaban J connectivity index is 1.77. The molecule has 1 aromatic carbocycles. The summed E-state index contributed by atoms with van der Waals surface area (Å²) in [6, 6.07) is 11.3. The zero-order chi connectivity index (χ0) is 18.9. The van der Waals surface area contributed by atoms with Crippen molar-refractivity contribution in [3.63, 3.8) is 0 Å². The number of hydrogen-bond acceptors (Lipinski definition) is 3. The molecule has 1 heterocycles. The molecule has 2 rings (SSSR count). The molecule has 0 saturated carbocycles. The summed E-state index contributed by atoms with van der Waals surface area (Å²) >= 11 is 7.50. The van der Waals surface area contributed by atoms with Crippen LogP contribution >= 0.6 is 22.9 Å². The van der Waals surface area contributed by atoms with Gasteiger partial charge in [-0.25, -0.2) is 0 Å². The molecule has 1 unspecified atom stereocenters. The first-order valence-electron chi connectivity index (χ1n) is 8.65. The lowest BCUT2D eigenvalue weighted by molar-refractivity contribution is -0.881. The lowest BCUT2D eigenvalue weighted by Gasteiger charge is -2.19. The number of benzene rings is 1. The van der Waals surface area contributed by atoms with Gasteiger partial charge in [0.15, 0.2) is 13.1 Å². The number of halogens is 1. The van der Waals surface area contributed by atoms with Crippen molar-refractivity contribution in [2.75, 3.05) is 19.6 Å². The number of nitrogens with one attached hydrogen (secondary N) is 3. The normalized spacial score (nSPS) is 13.0. The van der Waals surface area contributed by atoms with Crippen LogP contribution in [0.15, 0.2) is 41.8 Å². The van der Waals surface area contributed by atoms with Gasteiger partial charge >= 0.3 is 0 Å². The number of hydrogen-bond donors (Lipinski definition) is 3. The minimum Gasteiger partial charge on any atom is -0.346 e. The van der Waals surface area contributed by atoms with Crippen molar-refractivity contribution in [3.05, 3.63) is 57.2 Å². The summed E-state index contributed by atoms with van der Waals surface area (Å²) in [7, 11) is 0. The average Bonchev–Trinajstić information content (AvgIpc) is 3.13. The van der Waals surface area contributed by atoms with Gasteiger partial charge in [0.1, 0.15) is 0 Å². The fourth-order valence-electron chi connectivity index (χ4n) is 2.56. The fourth-order valence-corrected chi connectivity index (χ4v) is 3.33. The molecule has 5 nitrogen and oxygen atoms in total. The lowest BCUT2D eigenvalue weighted by atomic mass is 10.1. The second-order valence-electron chi connectivity index (χ2n) is 6.15. The summed E-state index contributed by atoms with van der Waals surface area (Å²) < 4.78 is 0. The SMILES string of the molecule is CC[NH+](CC(=O)NCc1cccs1)CC(=O)N[C@H](C)c1ccc(Cl)cc1. The van der Waals surface area contributed by atoms with Gasteiger partial charge in [0, 0.05) is 9.90 Å². The zero-order valence-electron chi connectivity index (χ0n) is 15.0. The van der Waals surface area contributed by atoms with Crippen molar-refractivity contribution >= 4 is 34.8 Å². The first-order valence-corrected chi connectivity index (χ1v) is 9.91. The monoisotopic (exact) mass is 394 g/mol. The molecule has 2 aromatic rings. The summed E-state index contributed by atoms with van der Waals surface area (Å²) in [6.45, 7) is 5.69. The second kappa shape index (κ2) is 10.3. The molecule has 0 saturated heterocycles. The van der Waals surface area contributed by atoms with Gasteiger partial charge in [0.05, 0.1) is 19.1 Å². The van der Waals surface area contributed by atoms with E-state index < -0.39 is 0 Å². The van der Waals surface area contributed by atoms with Gasteiger partial charge in [-0.1, -0.05) is 29.8 Å². The van der Waals surface area contributed by atoms with Crippen LogP contribution in [0.1, 0.15) is 30.3 Å². The first-order chi connectivity index (χ1) is 12.5. The highest BCUT2D eigenvalue weighted by Gasteiger charge is 2.18. The smallest absolute Gasteiger partial charge is 0.275 e. The summed E-state index contributed by atoms with van der Waals surface area (Å²) in [5.74, 6) is -0.121. The molecule has 3 N–H and O–H groups in total. The van der Waals surface area contributed by atoms with Crippen LogP contribution in [0.25, 0.3) is 0 Å². The van der Waals surface area contributed by atoms with E-state index in [0.717, 1.165) is 15.3 Å². The van der Waals surface area contributed by atoms with E-state index in [0.29, 0.717) is 18.1 Å². The van der Waals surface area contributed by atoms with Gasteiger partial charge in [0.25, 0.3) is 11.8 Å². The molecule has 140 valence electrons. The number of carbonyl (C=O) groups is 2. The molecule has 0 spiro atoms. The van der Waals surface area contributed by atoms with Crippen LogP contribution in [-0.4, -0.2) is 31.4 Å². The fraction of sp³-hybridized carbons (Fsp3) is 0.368. The van der Waals surface area contributed by atoms with Crippen molar-refractivity contribution in [2.24, 2.45) is 0 Å². The Hall–Kier alpha value is -1.89. The number of likely N-dealkylation sites (N-methyl/N-ethyl adjacent to an activating group) is 1. The Labute approximate surface area is 163 Å². The molecular formula is C19H25ClN3O2S+. The summed E-state index contributed by atoms with van der Waals surface area (Å²) in [5.41, 5.74) is 0.995. The van der Waals surface area contributed by atoms with Crippen molar-refractivity contribution in [3.8, 4) is 0 Å². The Kier molecular flexibility index (Phi) is 8.09. The first kappa shape index (κ1) is 20.4. The largest absolute Gasteiger partial charge is 0.346 e. The molecule has 0 fully saturated rings. The Morgan fingerprint density at radius 2 is 1.85 bits per heavy atom. The maximum absolute atomic E-state index is 12.3. The molecule has 0 aliphatic rings. The number of rotatable bonds is 9. The molecule has 0 bridgehead atoms. The highest BCUT2D eigenvalue weighted by atomic mass is 35.5. The van der Waals surface area contributed by atoms with E-state index in [9.17, 15) is 9.59 Å². The van der Waals surface area contributed by atoms with Gasteiger partial charge in [0.2, 0.25) is 0 Å². The third kappa shape index (κ3) is 6.78. The molecule has 26 heavy (non-hydrogen) atoms. The van der Waals surface area contributed by atoms with Crippen LogP contribution in [-0.2, 0) is 16.1 Å². The van der Waals surface area contributed by atoms with Crippen molar-refractivity contribution in [1.29, 1.82) is 0 Å². The summed E-state index contributed by atoms with van der Waals surface area (Å²) in [6.07, 6.45) is 0. The molecule has 2 atom stereocenters. The predicted molar refractivity (Wildman–Crippen MR) is 105 cm³/mol. The Bertz CT molecular complexity index is 704. The van der Waals surface area contributed by atoms with Crippen LogP contribution < -0.4 is 15.5 Å². The summed E-state index contributed by atoms with van der Waals surface area (Å²) in [4.78, 5) is 26.4. The number of carbonyl (C=O) groups excluding carboxylic acids is 2. The molecule has 2 amide bonds. The van der Waals surface area contributed by atoms with Crippen LogP contribution in [0, 0.1) is 0 Å². The Morgan fingerprint density at radius 1 is 1.15 bits per heavy atom. The van der Waals surface area contributed by atoms with E-state index in [2.05, 4.69) is 10.6 Å². The third-order valence-corrected chi connectivity index (χ3v) is 5.24. The van der Waals surface area contributed by atoms with Crippen LogP contribution in [0.4, 0.5) is 0 Å². The Morgan fingerprint density at radius 3 is 2.46 bits per heavy atom. The van der Waals surface area contributed by atoms with Gasteiger partial charge < -0.3 is 15.5 Å². The number of thiophene rings is 1. The lowest BCUT2D eigenvalue weighted by Crippen LogP contribution is -3.14. The van der Waals surface area contributed by atoms with Gasteiger partial charge in [-0.3, -0.25) is 9.59 Å². The van der Waals surface area contributed by atoms with Crippen LogP contribution in [0.3, 0.4) is 0 Å². The van der Waals surface area contributed by atoms with E-state index in [1.165, 1.54) is 0 Å². The van der Waals surface area contributed by atoms with E-state index in [4.69, 9.17) is 11.6 Å². The summed E-state index contributed by atoms with van der Waals surface area (Å²) in [5, 5.41) is 8.53. The van der Waals surface area contributed by atoms with Crippen LogP contribution in [0.2, 0.25) is 5.02 Å². The molecule has 1 aromatic heterocycles. The van der Waals surface area contributed by atoms with Gasteiger partial charge in [-0.2, -0.15) is 0 Å². The minimum absolute atomic E-state index is 0.0474. The molecule has 0 aliphatic heterocycles. The maximum atomic E-state index is 12.3. The number of amides is 2. The van der Waals surface area contributed by atoms with E-state index in [1.807, 2.05) is 43.5 Å². The van der Waals surface area contributed by atoms with Gasteiger partial charge in [-0.05, 0) is 43.0 Å². The average molecular weight is 395 g/mol. The highest BCUT2D eigenvalue weighted by Crippen LogP contribution is 2.15. The molecule has 0 radical (unpaired) electrons. The second-order valence-corrected chi connectivity index (χ2v) is 7.62. The molecule has 0 aliphatic carbocycles. The molecular weight excluding hydrogens is 370 g/mol. The van der Waals surface area contributed by atoms with Crippen molar-refractivity contribution in [2.45, 2.75) is 26.4 Å². The number of quaternary nitrogens is 1. The quantitative estimate of drug-likeness (QED) is 0.607. The van der Waals surface area contributed by atoms with Crippen molar-refractivity contribution in [1.82, 2.24) is 10.6 Å². The van der Waals surface area contributed by atoms with E-state index >= 15 is 0 Å². The van der Waals surface area contributed by atoms with Crippen molar-refractivity contribution < 1.29 is 14.5 Å². The highest BCUT2D eigenvalue weighted by molar-refractivity contribution is 7.09.